The van der Waals surface area contributed by atoms with Crippen molar-refractivity contribution in [3.05, 3.63) is 58.1 Å². The summed E-state index contributed by atoms with van der Waals surface area (Å²) in [6.45, 7) is 8.89. The molecule has 24 heavy (non-hydrogen) atoms. The monoisotopic (exact) mass is 389 g/mol. The van der Waals surface area contributed by atoms with E-state index in [9.17, 15) is 4.79 Å². The fourth-order valence-corrected chi connectivity index (χ4v) is 2.84. The molecule has 0 fully saturated rings. The molecular formula is C20H24BrNO2. The van der Waals surface area contributed by atoms with Gasteiger partial charge in [-0.3, -0.25) is 4.79 Å². The van der Waals surface area contributed by atoms with Crippen LogP contribution in [0.2, 0.25) is 0 Å². The first-order valence-electron chi connectivity index (χ1n) is 8.05. The molecule has 1 amide bonds. The van der Waals surface area contributed by atoms with E-state index >= 15 is 0 Å². The van der Waals surface area contributed by atoms with Gasteiger partial charge in [0.15, 0.2) is 0 Å². The van der Waals surface area contributed by atoms with Gasteiger partial charge in [0.05, 0.1) is 18.7 Å². The van der Waals surface area contributed by atoms with E-state index < -0.39 is 0 Å². The Hall–Kier alpha value is -1.81. The van der Waals surface area contributed by atoms with E-state index in [1.807, 2.05) is 37.3 Å². The number of carbonyl (C=O) groups is 1. The Bertz CT molecular complexity index is 703. The first-order valence-corrected chi connectivity index (χ1v) is 8.84. The summed E-state index contributed by atoms with van der Waals surface area (Å²) < 4.78 is 6.54. The molecule has 1 N–H and O–H groups in total. The van der Waals surface area contributed by atoms with Crippen molar-refractivity contribution in [3.8, 4) is 5.75 Å². The molecule has 0 unspecified atom stereocenters. The molecule has 0 saturated heterocycles. The molecule has 0 saturated carbocycles. The number of nitrogens with one attached hydrogen (secondary N) is 1. The van der Waals surface area contributed by atoms with E-state index in [2.05, 4.69) is 54.2 Å². The molecule has 2 aromatic rings. The summed E-state index contributed by atoms with van der Waals surface area (Å²) in [7, 11) is 0. The number of hydrogen-bond acceptors (Lipinski definition) is 2. The number of ether oxygens (including phenoxy) is 1. The van der Waals surface area contributed by atoms with E-state index in [-0.39, 0.29) is 11.3 Å². The van der Waals surface area contributed by atoms with E-state index in [0.29, 0.717) is 13.0 Å². The predicted molar refractivity (Wildman–Crippen MR) is 103 cm³/mol. The smallest absolute Gasteiger partial charge is 0.227 e. The Labute approximate surface area is 152 Å². The van der Waals surface area contributed by atoms with Crippen LogP contribution in [0.3, 0.4) is 0 Å². The summed E-state index contributed by atoms with van der Waals surface area (Å²) >= 11 is 3.46. The second kappa shape index (κ2) is 7.84. The van der Waals surface area contributed by atoms with Gasteiger partial charge in [0.25, 0.3) is 0 Å². The van der Waals surface area contributed by atoms with E-state index in [1.165, 1.54) is 5.56 Å². The van der Waals surface area contributed by atoms with Crippen LogP contribution < -0.4 is 10.1 Å². The first kappa shape index (κ1) is 18.5. The molecular weight excluding hydrogens is 366 g/mol. The van der Waals surface area contributed by atoms with Crippen molar-refractivity contribution in [2.45, 2.75) is 39.5 Å². The quantitative estimate of drug-likeness (QED) is 0.736. The highest BCUT2D eigenvalue weighted by Crippen LogP contribution is 2.25. The lowest BCUT2D eigenvalue weighted by atomic mass is 9.87. The van der Waals surface area contributed by atoms with Gasteiger partial charge in [-0.1, -0.05) is 39.0 Å². The van der Waals surface area contributed by atoms with E-state index in [1.54, 1.807) is 0 Å². The third-order valence-corrected chi connectivity index (χ3v) is 4.37. The Balaban J connectivity index is 1.82. The summed E-state index contributed by atoms with van der Waals surface area (Å²) in [5.41, 5.74) is 3.30. The maximum Gasteiger partial charge on any atom is 0.227 e. The molecule has 0 aromatic heterocycles. The molecule has 3 nitrogen and oxygen atoms in total. The van der Waals surface area contributed by atoms with Crippen molar-refractivity contribution < 1.29 is 9.53 Å². The fraction of sp³-hybridized carbons (Fsp3) is 0.350. The third-order valence-electron chi connectivity index (χ3n) is 3.72. The molecule has 0 radical (unpaired) electrons. The number of hydrogen-bond donors (Lipinski definition) is 1. The minimum Gasteiger partial charge on any atom is -0.493 e. The van der Waals surface area contributed by atoms with Crippen LogP contribution in [0.4, 0.5) is 5.69 Å². The molecule has 4 heteroatoms. The average molecular weight is 390 g/mol. The molecule has 2 rings (SSSR count). The number of rotatable bonds is 5. The van der Waals surface area contributed by atoms with Gasteiger partial charge in [0, 0.05) is 4.47 Å². The SMILES string of the molecule is Cc1ccc(NC(=O)CCOc2ccc(C(C)(C)C)cc2)c(Br)c1. The van der Waals surface area contributed by atoms with Crippen molar-refractivity contribution in [3.63, 3.8) is 0 Å². The summed E-state index contributed by atoms with van der Waals surface area (Å²) in [5, 5.41) is 2.89. The van der Waals surface area contributed by atoms with Crippen LogP contribution in [0.5, 0.6) is 5.75 Å². The highest BCUT2D eigenvalue weighted by Gasteiger charge is 2.13. The van der Waals surface area contributed by atoms with Gasteiger partial charge in [-0.25, -0.2) is 0 Å². The lowest BCUT2D eigenvalue weighted by Gasteiger charge is -2.19. The standard InChI is InChI=1S/C20H24BrNO2/c1-14-5-10-18(17(21)13-14)22-19(23)11-12-24-16-8-6-15(7-9-16)20(2,3)4/h5-10,13H,11-12H2,1-4H3,(H,22,23). The lowest BCUT2D eigenvalue weighted by molar-refractivity contribution is -0.116. The number of amides is 1. The third kappa shape index (κ3) is 5.38. The average Bonchev–Trinajstić information content (AvgIpc) is 2.50. The minimum absolute atomic E-state index is 0.0640. The highest BCUT2D eigenvalue weighted by molar-refractivity contribution is 9.10. The van der Waals surface area contributed by atoms with Crippen molar-refractivity contribution in [1.82, 2.24) is 0 Å². The summed E-state index contributed by atoms with van der Waals surface area (Å²) in [5.74, 6) is 0.721. The van der Waals surface area contributed by atoms with E-state index in [0.717, 1.165) is 21.5 Å². The predicted octanol–water partition coefficient (Wildman–Crippen LogP) is 5.46. The second-order valence-electron chi connectivity index (χ2n) is 6.90. The largest absolute Gasteiger partial charge is 0.493 e. The summed E-state index contributed by atoms with van der Waals surface area (Å²) in [4.78, 5) is 12.0. The van der Waals surface area contributed by atoms with Crippen molar-refractivity contribution in [2.24, 2.45) is 0 Å². The minimum atomic E-state index is -0.0640. The number of benzene rings is 2. The van der Waals surface area contributed by atoms with Crippen molar-refractivity contribution >= 4 is 27.5 Å². The van der Waals surface area contributed by atoms with Crippen LogP contribution in [0.15, 0.2) is 46.9 Å². The van der Waals surface area contributed by atoms with Crippen LogP contribution >= 0.6 is 15.9 Å². The Morgan fingerprint density at radius 2 is 1.79 bits per heavy atom. The topological polar surface area (TPSA) is 38.3 Å². The van der Waals surface area contributed by atoms with Crippen LogP contribution in [-0.4, -0.2) is 12.5 Å². The highest BCUT2D eigenvalue weighted by atomic mass is 79.9. The lowest BCUT2D eigenvalue weighted by Crippen LogP contribution is -2.15. The molecule has 0 bridgehead atoms. The molecule has 0 aliphatic rings. The first-order chi connectivity index (χ1) is 11.3. The molecule has 0 aliphatic heterocycles. The molecule has 0 heterocycles. The summed E-state index contributed by atoms with van der Waals surface area (Å²) in [6.07, 6.45) is 0.307. The molecule has 2 aromatic carbocycles. The van der Waals surface area contributed by atoms with Crippen LogP contribution in [-0.2, 0) is 10.2 Å². The number of aryl methyl sites for hydroxylation is 1. The zero-order chi connectivity index (χ0) is 17.7. The maximum atomic E-state index is 12.0. The van der Waals surface area contributed by atoms with Gasteiger partial charge in [0.1, 0.15) is 5.75 Å². The van der Waals surface area contributed by atoms with Crippen LogP contribution in [0.25, 0.3) is 0 Å². The number of halogens is 1. The number of carbonyl (C=O) groups excluding carboxylic acids is 1. The van der Waals surface area contributed by atoms with Gasteiger partial charge in [-0.15, -0.1) is 0 Å². The summed E-state index contributed by atoms with van der Waals surface area (Å²) in [6, 6.07) is 13.9. The molecule has 0 spiro atoms. The molecule has 0 atom stereocenters. The second-order valence-corrected chi connectivity index (χ2v) is 7.76. The molecule has 128 valence electrons. The normalized spacial score (nSPS) is 11.2. The fourth-order valence-electron chi connectivity index (χ4n) is 2.25. The van der Waals surface area contributed by atoms with Crippen LogP contribution in [0.1, 0.15) is 38.3 Å². The van der Waals surface area contributed by atoms with Crippen molar-refractivity contribution in [2.75, 3.05) is 11.9 Å². The zero-order valence-corrected chi connectivity index (χ0v) is 16.2. The van der Waals surface area contributed by atoms with Gasteiger partial charge in [-0.2, -0.15) is 0 Å². The van der Waals surface area contributed by atoms with E-state index in [4.69, 9.17) is 4.74 Å². The molecule has 0 aliphatic carbocycles. The maximum absolute atomic E-state index is 12.0. The van der Waals surface area contributed by atoms with Gasteiger partial charge >= 0.3 is 0 Å². The van der Waals surface area contributed by atoms with Gasteiger partial charge in [-0.05, 0) is 63.7 Å². The van der Waals surface area contributed by atoms with Crippen LogP contribution in [0, 0.1) is 6.92 Å². The Morgan fingerprint density at radius 3 is 2.38 bits per heavy atom. The van der Waals surface area contributed by atoms with Gasteiger partial charge < -0.3 is 10.1 Å². The zero-order valence-electron chi connectivity index (χ0n) is 14.7. The Morgan fingerprint density at radius 1 is 1.12 bits per heavy atom. The van der Waals surface area contributed by atoms with Gasteiger partial charge in [0.2, 0.25) is 5.91 Å². The number of anilines is 1. The Kier molecular flexibility index (Phi) is 6.05. The van der Waals surface area contributed by atoms with Crippen molar-refractivity contribution in [1.29, 1.82) is 0 Å².